The van der Waals surface area contributed by atoms with Crippen LogP contribution in [0.4, 0.5) is 13.2 Å². The molecule has 3 aromatic rings. The summed E-state index contributed by atoms with van der Waals surface area (Å²) in [6, 6.07) is 3.77. The number of alkyl halides is 3. The molecule has 16 heteroatoms. The molecule has 0 spiro atoms. The molecule has 1 saturated heterocycles. The van der Waals surface area contributed by atoms with Crippen molar-refractivity contribution in [2.75, 3.05) is 12.3 Å². The second-order valence-electron chi connectivity index (χ2n) is 9.83. The molecule has 3 N–H and O–H groups in total. The van der Waals surface area contributed by atoms with E-state index in [0.29, 0.717) is 17.5 Å². The number of benzene rings is 2. The first-order valence-electron chi connectivity index (χ1n) is 12.9. The fraction of sp³-hybridized carbons (Fsp3) is 0.423. The van der Waals surface area contributed by atoms with Gasteiger partial charge in [0.15, 0.2) is 9.84 Å². The van der Waals surface area contributed by atoms with Gasteiger partial charge in [-0.05, 0) is 55.6 Å². The standard InChI is InChI=1S/C26H27Cl2F3N4O6S/c1-3-42(39,40)21-7-6-15(27)9-14(21)12-35-24(37)17-11-20(41-26(29,30)31)16(22(28)23(17)34-25(35)38)10-19(33-13(2)36)18-5-4-8-32-18/h6-7,9,11,18-19,32H,3-5,8,10,12H2,1-2H3,(H,33,36)(H,34,38)/t18?,19-/m1/s1. The molecular weight excluding hydrogens is 624 g/mol. The molecule has 4 rings (SSSR count). The number of hydrogen-bond acceptors (Lipinski definition) is 7. The van der Waals surface area contributed by atoms with Crippen molar-refractivity contribution in [1.29, 1.82) is 0 Å². The molecule has 42 heavy (non-hydrogen) atoms. The Labute approximate surface area is 248 Å². The number of rotatable bonds is 9. The van der Waals surface area contributed by atoms with Gasteiger partial charge in [-0.2, -0.15) is 0 Å². The molecule has 0 aliphatic carbocycles. The van der Waals surface area contributed by atoms with E-state index in [2.05, 4.69) is 20.4 Å². The fourth-order valence-electron chi connectivity index (χ4n) is 5.05. The van der Waals surface area contributed by atoms with E-state index in [1.165, 1.54) is 32.0 Å². The molecule has 2 heterocycles. The van der Waals surface area contributed by atoms with Crippen molar-refractivity contribution < 1.29 is 31.1 Å². The zero-order valence-corrected chi connectivity index (χ0v) is 24.7. The van der Waals surface area contributed by atoms with Crippen molar-refractivity contribution in [2.24, 2.45) is 0 Å². The zero-order chi connectivity index (χ0) is 31.0. The van der Waals surface area contributed by atoms with E-state index in [0.717, 1.165) is 12.5 Å². The first-order valence-corrected chi connectivity index (χ1v) is 15.3. The summed E-state index contributed by atoms with van der Waals surface area (Å²) >= 11 is 12.6. The van der Waals surface area contributed by atoms with E-state index in [-0.39, 0.29) is 49.8 Å². The molecule has 1 aliphatic rings. The molecule has 228 valence electrons. The summed E-state index contributed by atoms with van der Waals surface area (Å²) in [4.78, 5) is 40.8. The molecule has 0 saturated carbocycles. The summed E-state index contributed by atoms with van der Waals surface area (Å²) in [6.07, 6.45) is -3.93. The summed E-state index contributed by atoms with van der Waals surface area (Å²) in [7, 11) is -3.79. The molecule has 0 bridgehead atoms. The van der Waals surface area contributed by atoms with Gasteiger partial charge in [0, 0.05) is 29.6 Å². The number of aromatic amines is 1. The highest BCUT2D eigenvalue weighted by Crippen LogP contribution is 2.37. The number of fused-ring (bicyclic) bond motifs is 1. The molecule has 1 fully saturated rings. The van der Waals surface area contributed by atoms with Crippen LogP contribution in [0, 0.1) is 0 Å². The number of carbonyl (C=O) groups excluding carboxylic acids is 1. The Balaban J connectivity index is 1.90. The Hall–Kier alpha value is -3.07. The van der Waals surface area contributed by atoms with Crippen molar-refractivity contribution in [3.05, 3.63) is 66.3 Å². The molecule has 1 unspecified atom stereocenters. The van der Waals surface area contributed by atoms with E-state index in [1.807, 2.05) is 0 Å². The van der Waals surface area contributed by atoms with Gasteiger partial charge in [-0.3, -0.25) is 14.2 Å². The average molecular weight is 651 g/mol. The predicted molar refractivity (Wildman–Crippen MR) is 151 cm³/mol. The Morgan fingerprint density at radius 1 is 1.24 bits per heavy atom. The van der Waals surface area contributed by atoms with Crippen LogP contribution in [0.15, 0.2) is 38.8 Å². The first kappa shape index (κ1) is 31.9. The van der Waals surface area contributed by atoms with Crippen molar-refractivity contribution in [1.82, 2.24) is 20.2 Å². The van der Waals surface area contributed by atoms with Gasteiger partial charge in [-0.15, -0.1) is 13.2 Å². The van der Waals surface area contributed by atoms with Gasteiger partial charge < -0.3 is 20.4 Å². The maximum absolute atomic E-state index is 13.5. The van der Waals surface area contributed by atoms with Crippen molar-refractivity contribution in [2.45, 2.75) is 63.0 Å². The monoisotopic (exact) mass is 650 g/mol. The summed E-state index contributed by atoms with van der Waals surface area (Å²) in [5, 5.41) is 5.30. The summed E-state index contributed by atoms with van der Waals surface area (Å²) in [6.45, 7) is 2.79. The smallest absolute Gasteiger partial charge is 0.405 e. The van der Waals surface area contributed by atoms with Crippen LogP contribution in [0.5, 0.6) is 5.75 Å². The molecular formula is C26H27Cl2F3N4O6S. The van der Waals surface area contributed by atoms with Gasteiger partial charge in [0.05, 0.1) is 33.1 Å². The average Bonchev–Trinajstić information content (AvgIpc) is 3.43. The largest absolute Gasteiger partial charge is 0.573 e. The molecule has 2 aromatic carbocycles. The van der Waals surface area contributed by atoms with E-state index in [4.69, 9.17) is 23.2 Å². The van der Waals surface area contributed by atoms with E-state index in [9.17, 15) is 36.0 Å². The number of aromatic nitrogens is 2. The van der Waals surface area contributed by atoms with E-state index in [1.54, 1.807) is 0 Å². The third kappa shape index (κ3) is 6.93. The Kier molecular flexibility index (Phi) is 9.31. The summed E-state index contributed by atoms with van der Waals surface area (Å²) in [5.74, 6) is -1.46. The maximum atomic E-state index is 13.5. The normalized spacial score (nSPS) is 16.5. The minimum absolute atomic E-state index is 0.0352. The number of halogens is 5. The lowest BCUT2D eigenvalue weighted by atomic mass is 9.96. The van der Waals surface area contributed by atoms with Gasteiger partial charge in [0.2, 0.25) is 5.91 Å². The third-order valence-corrected chi connectivity index (χ3v) is 9.45. The lowest BCUT2D eigenvalue weighted by Gasteiger charge is -2.26. The van der Waals surface area contributed by atoms with Gasteiger partial charge in [-0.1, -0.05) is 30.1 Å². The van der Waals surface area contributed by atoms with Crippen molar-refractivity contribution >= 4 is 49.8 Å². The summed E-state index contributed by atoms with van der Waals surface area (Å²) < 4.78 is 70.7. The number of carbonyl (C=O) groups is 1. The minimum Gasteiger partial charge on any atom is -0.405 e. The highest BCUT2D eigenvalue weighted by molar-refractivity contribution is 7.91. The van der Waals surface area contributed by atoms with Gasteiger partial charge in [-0.25, -0.2) is 13.2 Å². The quantitative estimate of drug-likeness (QED) is 0.322. The van der Waals surface area contributed by atoms with E-state index >= 15 is 0 Å². The SMILES string of the molecule is CCS(=O)(=O)c1ccc(Cl)cc1Cn1c(=O)[nH]c2c(Cl)c(C[C@@H](NC(C)=O)C3CCCN3)c(OC(F)(F)F)cc2c1=O. The number of nitrogens with zero attached hydrogens (tertiary/aromatic N) is 1. The second kappa shape index (κ2) is 12.3. The maximum Gasteiger partial charge on any atom is 0.573 e. The molecule has 2 atom stereocenters. The lowest BCUT2D eigenvalue weighted by molar-refractivity contribution is -0.274. The van der Waals surface area contributed by atoms with Crippen LogP contribution in [-0.4, -0.2) is 54.6 Å². The molecule has 10 nitrogen and oxygen atoms in total. The summed E-state index contributed by atoms with van der Waals surface area (Å²) in [5.41, 5.74) is -2.40. The number of nitrogens with one attached hydrogen (secondary N) is 3. The Bertz CT molecular complexity index is 1750. The van der Waals surface area contributed by atoms with Crippen molar-refractivity contribution in [3.8, 4) is 5.75 Å². The van der Waals surface area contributed by atoms with Crippen LogP contribution in [0.1, 0.15) is 37.8 Å². The second-order valence-corrected chi connectivity index (χ2v) is 12.9. The molecule has 0 radical (unpaired) electrons. The van der Waals surface area contributed by atoms with Gasteiger partial charge in [0.1, 0.15) is 5.75 Å². The van der Waals surface area contributed by atoms with Gasteiger partial charge in [0.25, 0.3) is 5.56 Å². The van der Waals surface area contributed by atoms with Crippen molar-refractivity contribution in [3.63, 3.8) is 0 Å². The first-order chi connectivity index (χ1) is 19.6. The van der Waals surface area contributed by atoms with Crippen LogP contribution in [0.25, 0.3) is 10.9 Å². The Morgan fingerprint density at radius 3 is 2.55 bits per heavy atom. The zero-order valence-electron chi connectivity index (χ0n) is 22.4. The fourth-order valence-corrected chi connectivity index (χ4v) is 6.67. The lowest BCUT2D eigenvalue weighted by Crippen LogP contribution is -2.48. The number of ether oxygens (including phenoxy) is 1. The highest BCUT2D eigenvalue weighted by Gasteiger charge is 2.35. The highest BCUT2D eigenvalue weighted by atomic mass is 35.5. The van der Waals surface area contributed by atoms with Crippen LogP contribution in [-0.2, 0) is 27.6 Å². The number of amides is 1. The topological polar surface area (TPSA) is 139 Å². The molecule has 1 amide bonds. The Morgan fingerprint density at radius 2 is 1.95 bits per heavy atom. The van der Waals surface area contributed by atoms with E-state index < -0.39 is 57.1 Å². The number of H-pyrrole nitrogens is 1. The van der Waals surface area contributed by atoms with Crippen LogP contribution >= 0.6 is 23.2 Å². The predicted octanol–water partition coefficient (Wildman–Crippen LogP) is 3.54. The minimum atomic E-state index is -5.16. The third-order valence-electron chi connectivity index (χ3n) is 6.97. The molecule has 1 aliphatic heterocycles. The number of hydrogen-bond donors (Lipinski definition) is 3. The van der Waals surface area contributed by atoms with Crippen LogP contribution in [0.3, 0.4) is 0 Å². The van der Waals surface area contributed by atoms with Crippen LogP contribution in [0.2, 0.25) is 10.0 Å². The van der Waals surface area contributed by atoms with Gasteiger partial charge >= 0.3 is 12.1 Å². The number of sulfone groups is 1. The van der Waals surface area contributed by atoms with Crippen LogP contribution < -0.4 is 26.6 Å². The molecule has 1 aromatic heterocycles.